The van der Waals surface area contributed by atoms with Crippen molar-refractivity contribution in [2.75, 3.05) is 0 Å². The highest BCUT2D eigenvalue weighted by Crippen LogP contribution is 2.36. The van der Waals surface area contributed by atoms with Gasteiger partial charge in [-0.15, -0.1) is 0 Å². The standard InChI is InChI=1S/C20H26O5/c1-5-13(3)19(22)24-17-10-15(11-21)8-6-7-12(2)9-16-18(17)14(4)20(23)25-16/h8-9,11,13,16-18H,4-7,10H2,1-3H3/b12-9-,15-8+/t13-,16+,17+,18-/m0/s1. The lowest BCUT2D eigenvalue weighted by atomic mass is 9.85. The maximum atomic E-state index is 12.3. The van der Waals surface area contributed by atoms with Crippen LogP contribution in [-0.2, 0) is 23.9 Å². The Morgan fingerprint density at radius 1 is 1.52 bits per heavy atom. The summed E-state index contributed by atoms with van der Waals surface area (Å²) in [5.74, 6) is -1.53. The summed E-state index contributed by atoms with van der Waals surface area (Å²) in [7, 11) is 0. The van der Waals surface area contributed by atoms with Gasteiger partial charge in [-0.2, -0.15) is 0 Å². The van der Waals surface area contributed by atoms with Gasteiger partial charge in [0.05, 0.1) is 11.8 Å². The molecule has 1 aliphatic heterocycles. The van der Waals surface area contributed by atoms with Crippen LogP contribution >= 0.6 is 0 Å². The van der Waals surface area contributed by atoms with Crippen LogP contribution in [0.4, 0.5) is 0 Å². The molecule has 1 fully saturated rings. The van der Waals surface area contributed by atoms with Gasteiger partial charge in [-0.1, -0.05) is 32.1 Å². The van der Waals surface area contributed by atoms with Gasteiger partial charge < -0.3 is 9.47 Å². The van der Waals surface area contributed by atoms with Crippen molar-refractivity contribution < 1.29 is 23.9 Å². The van der Waals surface area contributed by atoms with E-state index in [1.165, 1.54) is 0 Å². The molecule has 0 spiro atoms. The van der Waals surface area contributed by atoms with E-state index < -0.39 is 24.1 Å². The summed E-state index contributed by atoms with van der Waals surface area (Å²) in [5.41, 5.74) is 1.93. The first-order chi connectivity index (χ1) is 11.9. The highest BCUT2D eigenvalue weighted by atomic mass is 16.6. The van der Waals surface area contributed by atoms with Crippen molar-refractivity contribution in [1.29, 1.82) is 0 Å². The van der Waals surface area contributed by atoms with Gasteiger partial charge in [0.2, 0.25) is 0 Å². The summed E-state index contributed by atoms with van der Waals surface area (Å²) in [4.78, 5) is 35.8. The topological polar surface area (TPSA) is 69.7 Å². The fourth-order valence-corrected chi connectivity index (χ4v) is 3.12. The fraction of sp³-hybridized carbons (Fsp3) is 0.550. The summed E-state index contributed by atoms with van der Waals surface area (Å²) in [6.07, 6.45) is 5.82. The molecular formula is C20H26O5. The largest absolute Gasteiger partial charge is 0.461 e. The third-order valence-corrected chi connectivity index (χ3v) is 4.93. The summed E-state index contributed by atoms with van der Waals surface area (Å²) in [5, 5.41) is 0. The van der Waals surface area contributed by atoms with Crippen LogP contribution in [0.25, 0.3) is 0 Å². The Hall–Kier alpha value is -2.17. The molecule has 0 bridgehead atoms. The van der Waals surface area contributed by atoms with Crippen LogP contribution in [0, 0.1) is 11.8 Å². The van der Waals surface area contributed by atoms with Gasteiger partial charge in [-0.05, 0) is 37.8 Å². The van der Waals surface area contributed by atoms with Crippen molar-refractivity contribution in [2.45, 2.75) is 58.7 Å². The number of fused-ring (bicyclic) bond motifs is 1. The monoisotopic (exact) mass is 346 g/mol. The lowest BCUT2D eigenvalue weighted by Gasteiger charge is -2.28. The van der Waals surface area contributed by atoms with Crippen LogP contribution in [-0.4, -0.2) is 30.4 Å². The number of hydrogen-bond donors (Lipinski definition) is 0. The normalized spacial score (nSPS) is 32.4. The van der Waals surface area contributed by atoms with Gasteiger partial charge in [0.15, 0.2) is 0 Å². The molecule has 1 heterocycles. The molecule has 0 aromatic carbocycles. The molecule has 136 valence electrons. The molecule has 1 saturated heterocycles. The predicted octanol–water partition coefficient (Wildman–Crippen LogP) is 3.30. The van der Waals surface area contributed by atoms with Crippen molar-refractivity contribution >= 4 is 18.2 Å². The fourth-order valence-electron chi connectivity index (χ4n) is 3.12. The molecule has 0 amide bonds. The van der Waals surface area contributed by atoms with E-state index in [0.29, 0.717) is 24.0 Å². The lowest BCUT2D eigenvalue weighted by molar-refractivity contribution is -0.156. The number of carbonyl (C=O) groups is 3. The van der Waals surface area contributed by atoms with Gasteiger partial charge in [0.1, 0.15) is 18.5 Å². The van der Waals surface area contributed by atoms with Crippen LogP contribution in [0.3, 0.4) is 0 Å². The van der Waals surface area contributed by atoms with E-state index in [2.05, 4.69) is 6.58 Å². The highest BCUT2D eigenvalue weighted by molar-refractivity contribution is 5.91. The van der Waals surface area contributed by atoms with E-state index in [1.807, 2.05) is 26.0 Å². The number of esters is 2. The zero-order chi connectivity index (χ0) is 18.6. The molecule has 0 unspecified atom stereocenters. The molecule has 25 heavy (non-hydrogen) atoms. The molecule has 0 saturated carbocycles. The van der Waals surface area contributed by atoms with E-state index in [4.69, 9.17) is 9.47 Å². The van der Waals surface area contributed by atoms with E-state index in [9.17, 15) is 14.4 Å². The van der Waals surface area contributed by atoms with Gasteiger partial charge in [-0.25, -0.2) is 4.79 Å². The maximum absolute atomic E-state index is 12.3. The first-order valence-corrected chi connectivity index (χ1v) is 8.79. The minimum absolute atomic E-state index is 0.249. The summed E-state index contributed by atoms with van der Waals surface area (Å²) in [6, 6.07) is 0. The highest BCUT2D eigenvalue weighted by Gasteiger charge is 2.44. The van der Waals surface area contributed by atoms with Crippen LogP contribution in [0.15, 0.2) is 35.5 Å². The number of ether oxygens (including phenoxy) is 2. The lowest BCUT2D eigenvalue weighted by Crippen LogP contribution is -2.35. The second kappa shape index (κ2) is 8.28. The van der Waals surface area contributed by atoms with E-state index in [0.717, 1.165) is 18.3 Å². The molecule has 0 N–H and O–H groups in total. The molecule has 2 rings (SSSR count). The summed E-state index contributed by atoms with van der Waals surface area (Å²) < 4.78 is 11.1. The van der Waals surface area contributed by atoms with E-state index in [-0.39, 0.29) is 18.3 Å². The van der Waals surface area contributed by atoms with Gasteiger partial charge in [0.25, 0.3) is 0 Å². The zero-order valence-electron chi connectivity index (χ0n) is 15.1. The molecule has 0 aromatic rings. The average Bonchev–Trinajstić information content (AvgIpc) is 2.85. The Morgan fingerprint density at radius 3 is 2.88 bits per heavy atom. The van der Waals surface area contributed by atoms with Crippen molar-refractivity contribution in [3.63, 3.8) is 0 Å². The number of allylic oxidation sites excluding steroid dienone is 2. The predicted molar refractivity (Wildman–Crippen MR) is 93.6 cm³/mol. The van der Waals surface area contributed by atoms with Gasteiger partial charge in [0, 0.05) is 12.0 Å². The Labute approximate surface area is 148 Å². The number of aldehydes is 1. The van der Waals surface area contributed by atoms with E-state index >= 15 is 0 Å². The van der Waals surface area contributed by atoms with Crippen LogP contribution in [0.5, 0.6) is 0 Å². The molecule has 5 heteroatoms. The zero-order valence-corrected chi connectivity index (χ0v) is 15.1. The maximum Gasteiger partial charge on any atom is 0.334 e. The number of hydrogen-bond acceptors (Lipinski definition) is 5. The summed E-state index contributed by atoms with van der Waals surface area (Å²) in [6.45, 7) is 9.51. The number of carbonyl (C=O) groups excluding carboxylic acids is 3. The Bertz CT molecular complexity index is 628. The van der Waals surface area contributed by atoms with Crippen LogP contribution in [0.2, 0.25) is 0 Å². The van der Waals surface area contributed by atoms with Gasteiger partial charge >= 0.3 is 11.9 Å². The second-order valence-electron chi connectivity index (χ2n) is 6.86. The van der Waals surface area contributed by atoms with Crippen LogP contribution < -0.4 is 0 Å². The van der Waals surface area contributed by atoms with Crippen molar-refractivity contribution in [3.8, 4) is 0 Å². The SMILES string of the molecule is C=C1C(=O)O[C@@H]2/C=C(/C)CC/C=C(/C=O)C[C@@H](OC(=O)[C@@H](C)CC)[C@@H]12. The molecular weight excluding hydrogens is 320 g/mol. The average molecular weight is 346 g/mol. The molecule has 5 nitrogen and oxygen atoms in total. The molecule has 0 radical (unpaired) electrons. The third kappa shape index (κ3) is 4.47. The van der Waals surface area contributed by atoms with Crippen LogP contribution in [0.1, 0.15) is 46.5 Å². The third-order valence-electron chi connectivity index (χ3n) is 4.93. The minimum atomic E-state index is -0.649. The first kappa shape index (κ1) is 19.2. The quantitative estimate of drug-likeness (QED) is 0.338. The molecule has 4 atom stereocenters. The first-order valence-electron chi connectivity index (χ1n) is 8.79. The van der Waals surface area contributed by atoms with Crippen molar-refractivity contribution in [2.24, 2.45) is 11.8 Å². The van der Waals surface area contributed by atoms with Crippen molar-refractivity contribution in [1.82, 2.24) is 0 Å². The number of rotatable bonds is 4. The second-order valence-corrected chi connectivity index (χ2v) is 6.86. The molecule has 0 aromatic heterocycles. The minimum Gasteiger partial charge on any atom is -0.461 e. The Kier molecular flexibility index (Phi) is 6.34. The smallest absolute Gasteiger partial charge is 0.334 e. The summed E-state index contributed by atoms with van der Waals surface area (Å²) >= 11 is 0. The Morgan fingerprint density at radius 2 is 2.24 bits per heavy atom. The molecule has 1 aliphatic carbocycles. The van der Waals surface area contributed by atoms with Gasteiger partial charge in [-0.3, -0.25) is 9.59 Å². The van der Waals surface area contributed by atoms with Crippen molar-refractivity contribution in [3.05, 3.63) is 35.5 Å². The molecule has 2 aliphatic rings. The Balaban J connectivity index is 2.39. The van der Waals surface area contributed by atoms with E-state index in [1.54, 1.807) is 6.92 Å².